The lowest BCUT2D eigenvalue weighted by Gasteiger charge is -1.93. The van der Waals surface area contributed by atoms with Gasteiger partial charge in [0.1, 0.15) is 10.5 Å². The zero-order valence-electron chi connectivity index (χ0n) is 7.65. The Morgan fingerprint density at radius 2 is 2.33 bits per heavy atom. The molecular weight excluding hydrogens is 262 g/mol. The molecular formula is C8H7Cl3N2O2. The summed E-state index contributed by atoms with van der Waals surface area (Å²) in [6.07, 6.45) is 2.70. The molecule has 0 amide bonds. The molecule has 1 aromatic rings. The Bertz CT molecular complexity index is 387. The quantitative estimate of drug-likeness (QED) is 0.479. The number of alkyl halides is 2. The summed E-state index contributed by atoms with van der Waals surface area (Å²) in [6.45, 7) is 0. The third-order valence-electron chi connectivity index (χ3n) is 1.47. The lowest BCUT2D eigenvalue weighted by Crippen LogP contribution is -2.00. The molecule has 7 heteroatoms. The van der Waals surface area contributed by atoms with Crippen molar-refractivity contribution in [1.29, 1.82) is 0 Å². The molecule has 4 nitrogen and oxygen atoms in total. The van der Waals surface area contributed by atoms with E-state index >= 15 is 0 Å². The highest BCUT2D eigenvalue weighted by atomic mass is 35.5. The van der Waals surface area contributed by atoms with E-state index in [9.17, 15) is 4.79 Å². The van der Waals surface area contributed by atoms with Crippen LogP contribution in [-0.2, 0) is 7.05 Å². The van der Waals surface area contributed by atoms with Gasteiger partial charge in [0.05, 0.1) is 6.26 Å². The fourth-order valence-electron chi connectivity index (χ4n) is 0.851. The Balaban J connectivity index is 2.71. The van der Waals surface area contributed by atoms with Crippen LogP contribution in [0.3, 0.4) is 0 Å². The van der Waals surface area contributed by atoms with E-state index in [0.717, 1.165) is 0 Å². The number of nitrogens with zero attached hydrogens (tertiary/aromatic N) is 2. The summed E-state index contributed by atoms with van der Waals surface area (Å²) in [5.41, 5.74) is 0.244. The fourth-order valence-corrected chi connectivity index (χ4v) is 1.15. The molecule has 0 saturated carbocycles. The van der Waals surface area contributed by atoms with Crippen molar-refractivity contribution < 1.29 is 9.53 Å². The van der Waals surface area contributed by atoms with Gasteiger partial charge in [0.25, 0.3) is 5.24 Å². The molecule has 0 bridgehead atoms. The van der Waals surface area contributed by atoms with E-state index in [0.29, 0.717) is 0 Å². The minimum Gasteiger partial charge on any atom is -0.446 e. The summed E-state index contributed by atoms with van der Waals surface area (Å²) < 4.78 is 6.35. The summed E-state index contributed by atoms with van der Waals surface area (Å²) in [7, 11) is 1.58. The first-order chi connectivity index (χ1) is 7.00. The molecule has 1 heterocycles. The van der Waals surface area contributed by atoms with E-state index in [1.165, 1.54) is 23.1 Å². The lowest BCUT2D eigenvalue weighted by molar-refractivity contribution is 0.107. The van der Waals surface area contributed by atoms with Crippen LogP contribution >= 0.6 is 34.8 Å². The Morgan fingerprint density at radius 1 is 1.67 bits per heavy atom. The monoisotopic (exact) mass is 268 g/mol. The number of ether oxygens (including phenoxy) is 1. The second kappa shape index (κ2) is 5.39. The van der Waals surface area contributed by atoms with Crippen LogP contribution in [0.2, 0.25) is 0 Å². The Kier molecular flexibility index (Phi) is 4.45. The Hall–Kier alpha value is -0.710. The molecule has 0 aliphatic carbocycles. The van der Waals surface area contributed by atoms with Gasteiger partial charge in [-0.3, -0.25) is 9.48 Å². The molecule has 0 unspecified atom stereocenters. The summed E-state index contributed by atoms with van der Waals surface area (Å²) in [5.74, 6) is 0.242. The standard InChI is InChI=1S/C8H7Cl3N2O2/c1-13-5(8(11)14)4-7(12-13)15-3-2-6(9)10/h2-4,6H,1H3. The van der Waals surface area contributed by atoms with Gasteiger partial charge in [0.15, 0.2) is 0 Å². The maximum absolute atomic E-state index is 10.9. The van der Waals surface area contributed by atoms with E-state index in [1.54, 1.807) is 7.05 Å². The smallest absolute Gasteiger partial charge is 0.270 e. The van der Waals surface area contributed by atoms with Crippen molar-refractivity contribution in [3.8, 4) is 5.88 Å². The minimum atomic E-state index is -0.650. The zero-order chi connectivity index (χ0) is 11.4. The van der Waals surface area contributed by atoms with E-state index in [-0.39, 0.29) is 11.6 Å². The van der Waals surface area contributed by atoms with Crippen molar-refractivity contribution in [3.63, 3.8) is 0 Å². The predicted molar refractivity (Wildman–Crippen MR) is 58.7 cm³/mol. The summed E-state index contributed by atoms with van der Waals surface area (Å²) in [5, 5.41) is 3.28. The number of carbonyl (C=O) groups excluding carboxylic acids is 1. The topological polar surface area (TPSA) is 44.1 Å². The van der Waals surface area contributed by atoms with Crippen LogP contribution in [0, 0.1) is 0 Å². The van der Waals surface area contributed by atoms with Crippen molar-refractivity contribution >= 4 is 40.0 Å². The second-order valence-corrected chi connectivity index (χ2v) is 4.05. The van der Waals surface area contributed by atoms with E-state index in [4.69, 9.17) is 39.5 Å². The zero-order valence-corrected chi connectivity index (χ0v) is 9.92. The molecule has 0 saturated heterocycles. The molecule has 0 N–H and O–H groups in total. The normalized spacial score (nSPS) is 11.3. The first-order valence-electron chi connectivity index (χ1n) is 3.86. The van der Waals surface area contributed by atoms with Crippen LogP contribution in [0.1, 0.15) is 10.5 Å². The fraction of sp³-hybridized carbons (Fsp3) is 0.250. The van der Waals surface area contributed by atoms with Crippen LogP contribution in [0.5, 0.6) is 5.88 Å². The molecule has 0 aliphatic heterocycles. The highest BCUT2D eigenvalue weighted by Crippen LogP contribution is 2.13. The van der Waals surface area contributed by atoms with Gasteiger partial charge in [-0.15, -0.1) is 28.3 Å². The highest BCUT2D eigenvalue weighted by Gasteiger charge is 2.10. The summed E-state index contributed by atoms with van der Waals surface area (Å²) in [6, 6.07) is 1.41. The number of aromatic nitrogens is 2. The van der Waals surface area contributed by atoms with Gasteiger partial charge in [-0.2, -0.15) is 0 Å². The van der Waals surface area contributed by atoms with Crippen LogP contribution in [0.25, 0.3) is 0 Å². The highest BCUT2D eigenvalue weighted by molar-refractivity contribution is 6.67. The van der Waals surface area contributed by atoms with E-state index in [2.05, 4.69) is 5.10 Å². The van der Waals surface area contributed by atoms with Crippen molar-refractivity contribution in [2.45, 2.75) is 4.84 Å². The molecule has 0 aromatic carbocycles. The lowest BCUT2D eigenvalue weighted by atomic mass is 10.5. The predicted octanol–water partition coefficient (Wildman–Crippen LogP) is 2.50. The van der Waals surface area contributed by atoms with Gasteiger partial charge in [-0.25, -0.2) is 0 Å². The molecule has 0 radical (unpaired) electrons. The number of rotatable bonds is 4. The molecule has 1 aromatic heterocycles. The average molecular weight is 270 g/mol. The van der Waals surface area contributed by atoms with Crippen LogP contribution < -0.4 is 4.74 Å². The van der Waals surface area contributed by atoms with Crippen LogP contribution in [-0.4, -0.2) is 19.9 Å². The molecule has 0 fully saturated rings. The SMILES string of the molecule is Cn1nc(OC=CC(Cl)Cl)cc1C(=O)Cl. The molecule has 0 atom stereocenters. The van der Waals surface area contributed by atoms with Gasteiger partial charge in [0.2, 0.25) is 5.88 Å². The van der Waals surface area contributed by atoms with Crippen molar-refractivity contribution in [1.82, 2.24) is 9.78 Å². The molecule has 82 valence electrons. The molecule has 15 heavy (non-hydrogen) atoms. The average Bonchev–Trinajstić information content (AvgIpc) is 2.46. The number of hydrogen-bond donors (Lipinski definition) is 0. The number of allylic oxidation sites excluding steroid dienone is 1. The third kappa shape index (κ3) is 3.74. The van der Waals surface area contributed by atoms with Gasteiger partial charge in [-0.05, 0) is 17.7 Å². The number of aryl methyl sites for hydroxylation is 1. The first-order valence-corrected chi connectivity index (χ1v) is 5.11. The van der Waals surface area contributed by atoms with E-state index < -0.39 is 10.1 Å². The van der Waals surface area contributed by atoms with Crippen LogP contribution in [0.4, 0.5) is 0 Å². The minimum absolute atomic E-state index is 0.242. The third-order valence-corrected chi connectivity index (χ3v) is 1.96. The van der Waals surface area contributed by atoms with Gasteiger partial charge >= 0.3 is 0 Å². The number of hydrogen-bond acceptors (Lipinski definition) is 3. The van der Waals surface area contributed by atoms with E-state index in [1.807, 2.05) is 0 Å². The summed E-state index contributed by atoms with van der Waals surface area (Å²) >= 11 is 16.1. The number of carbonyl (C=O) groups is 1. The maximum Gasteiger partial charge on any atom is 0.270 e. The molecule has 0 aliphatic rings. The Morgan fingerprint density at radius 3 is 2.80 bits per heavy atom. The second-order valence-electron chi connectivity index (χ2n) is 2.55. The number of halogens is 3. The van der Waals surface area contributed by atoms with Crippen molar-refractivity contribution in [2.24, 2.45) is 7.05 Å². The maximum atomic E-state index is 10.9. The summed E-state index contributed by atoms with van der Waals surface area (Å²) in [4.78, 5) is 10.2. The van der Waals surface area contributed by atoms with Gasteiger partial charge in [-0.1, -0.05) is 0 Å². The Labute approximate surface area is 101 Å². The van der Waals surface area contributed by atoms with Crippen molar-refractivity contribution in [2.75, 3.05) is 0 Å². The molecule has 1 rings (SSSR count). The van der Waals surface area contributed by atoms with Gasteiger partial charge in [0, 0.05) is 13.1 Å². The largest absolute Gasteiger partial charge is 0.446 e. The first kappa shape index (κ1) is 12.4. The van der Waals surface area contributed by atoms with Gasteiger partial charge < -0.3 is 4.74 Å². The molecule has 0 spiro atoms. The van der Waals surface area contributed by atoms with Crippen LogP contribution in [0.15, 0.2) is 18.4 Å². The van der Waals surface area contributed by atoms with Crippen molar-refractivity contribution in [3.05, 3.63) is 24.1 Å².